The van der Waals surface area contributed by atoms with Crippen molar-refractivity contribution in [2.75, 3.05) is 5.75 Å². The first-order chi connectivity index (χ1) is 10.9. The van der Waals surface area contributed by atoms with Crippen molar-refractivity contribution < 1.29 is 8.42 Å². The number of benzene rings is 2. The van der Waals surface area contributed by atoms with Gasteiger partial charge in [0.05, 0.1) is 17.8 Å². The Morgan fingerprint density at radius 1 is 0.913 bits per heavy atom. The summed E-state index contributed by atoms with van der Waals surface area (Å²) in [6, 6.07) is 18.1. The van der Waals surface area contributed by atoms with Gasteiger partial charge in [-0.1, -0.05) is 74.5 Å². The van der Waals surface area contributed by atoms with E-state index in [9.17, 15) is 8.42 Å². The van der Waals surface area contributed by atoms with Crippen LogP contribution in [0.25, 0.3) is 0 Å². The van der Waals surface area contributed by atoms with Crippen molar-refractivity contribution in [3.63, 3.8) is 0 Å². The molecule has 0 bridgehead atoms. The van der Waals surface area contributed by atoms with E-state index in [-0.39, 0.29) is 11.7 Å². The normalized spacial score (nSPS) is 14.6. The summed E-state index contributed by atoms with van der Waals surface area (Å²) in [5.74, 6) is 0.134. The molecule has 0 radical (unpaired) electrons. The maximum atomic E-state index is 12.4. The second kappa shape index (κ2) is 7.73. The molecule has 5 heteroatoms. The zero-order valence-corrected chi connectivity index (χ0v) is 14.3. The molecular weight excluding hydrogens is 308 g/mol. The lowest BCUT2D eigenvalue weighted by Gasteiger charge is -2.26. The highest BCUT2D eigenvalue weighted by Crippen LogP contribution is 2.27. The van der Waals surface area contributed by atoms with E-state index in [2.05, 4.69) is 4.72 Å². The summed E-state index contributed by atoms with van der Waals surface area (Å²) >= 11 is 0. The van der Waals surface area contributed by atoms with Crippen LogP contribution in [0.2, 0.25) is 0 Å². The van der Waals surface area contributed by atoms with E-state index in [1.165, 1.54) is 0 Å². The first kappa shape index (κ1) is 17.7. The standard InChI is InChI=1S/C18H24N2O2S/c1-14(2)13-23(21,22)20-18(16-11-7-4-8-12-16)17(19)15-9-5-3-6-10-15/h3-12,14,17-18,20H,13,19H2,1-2H3. The predicted molar refractivity (Wildman–Crippen MR) is 94.3 cm³/mol. The number of nitrogens with one attached hydrogen (secondary N) is 1. The third kappa shape index (κ3) is 5.16. The van der Waals surface area contributed by atoms with Crippen LogP contribution in [0.4, 0.5) is 0 Å². The second-order valence-electron chi connectivity index (χ2n) is 6.12. The lowest BCUT2D eigenvalue weighted by molar-refractivity contribution is 0.499. The fourth-order valence-corrected chi connectivity index (χ4v) is 4.20. The summed E-state index contributed by atoms with van der Waals surface area (Å²) in [4.78, 5) is 0. The molecule has 0 aliphatic carbocycles. The molecule has 0 aliphatic rings. The zero-order valence-electron chi connectivity index (χ0n) is 13.5. The highest BCUT2D eigenvalue weighted by Gasteiger charge is 2.26. The summed E-state index contributed by atoms with van der Waals surface area (Å²) < 4.78 is 27.6. The molecule has 0 amide bonds. The minimum Gasteiger partial charge on any atom is -0.322 e. The number of hydrogen-bond acceptors (Lipinski definition) is 3. The van der Waals surface area contributed by atoms with Crippen molar-refractivity contribution in [1.29, 1.82) is 0 Å². The van der Waals surface area contributed by atoms with E-state index < -0.39 is 22.1 Å². The van der Waals surface area contributed by atoms with Gasteiger partial charge < -0.3 is 5.73 Å². The Hall–Kier alpha value is -1.69. The molecule has 3 N–H and O–H groups in total. The van der Waals surface area contributed by atoms with Crippen molar-refractivity contribution >= 4 is 10.0 Å². The lowest BCUT2D eigenvalue weighted by atomic mass is 9.95. The third-order valence-electron chi connectivity index (χ3n) is 3.56. The second-order valence-corrected chi connectivity index (χ2v) is 7.92. The molecule has 0 heterocycles. The van der Waals surface area contributed by atoms with Gasteiger partial charge in [0.25, 0.3) is 0 Å². The van der Waals surface area contributed by atoms with Crippen LogP contribution in [0.15, 0.2) is 60.7 Å². The zero-order chi connectivity index (χ0) is 16.9. The van der Waals surface area contributed by atoms with Gasteiger partial charge in [-0.15, -0.1) is 0 Å². The van der Waals surface area contributed by atoms with Crippen molar-refractivity contribution in [3.05, 3.63) is 71.8 Å². The van der Waals surface area contributed by atoms with Crippen molar-refractivity contribution in [3.8, 4) is 0 Å². The Kier molecular flexibility index (Phi) is 5.93. The monoisotopic (exact) mass is 332 g/mol. The molecule has 2 atom stereocenters. The van der Waals surface area contributed by atoms with Gasteiger partial charge in [0.1, 0.15) is 0 Å². The molecule has 2 unspecified atom stereocenters. The molecule has 0 spiro atoms. The molecule has 0 saturated heterocycles. The molecule has 124 valence electrons. The number of hydrogen-bond donors (Lipinski definition) is 2. The molecule has 0 saturated carbocycles. The molecule has 2 aromatic rings. The molecular formula is C18H24N2O2S. The summed E-state index contributed by atoms with van der Waals surface area (Å²) in [6.45, 7) is 3.77. The topological polar surface area (TPSA) is 72.2 Å². The van der Waals surface area contributed by atoms with Gasteiger partial charge in [-0.2, -0.15) is 0 Å². The minimum atomic E-state index is -3.41. The van der Waals surface area contributed by atoms with Crippen LogP contribution in [0, 0.1) is 5.92 Å². The third-order valence-corrected chi connectivity index (χ3v) is 5.28. The molecule has 23 heavy (non-hydrogen) atoms. The summed E-state index contributed by atoms with van der Waals surface area (Å²) in [6.07, 6.45) is 0. The van der Waals surface area contributed by atoms with Gasteiger partial charge in [0, 0.05) is 0 Å². The Labute approximate surface area is 138 Å². The first-order valence-electron chi connectivity index (χ1n) is 7.74. The average Bonchev–Trinajstić information content (AvgIpc) is 2.52. The van der Waals surface area contributed by atoms with E-state index in [4.69, 9.17) is 5.73 Å². The van der Waals surface area contributed by atoms with Crippen molar-refractivity contribution in [1.82, 2.24) is 4.72 Å². The molecule has 4 nitrogen and oxygen atoms in total. The van der Waals surface area contributed by atoms with E-state index in [1.54, 1.807) is 0 Å². The van der Waals surface area contributed by atoms with Crippen LogP contribution in [0.5, 0.6) is 0 Å². The van der Waals surface area contributed by atoms with Crippen molar-refractivity contribution in [2.45, 2.75) is 25.9 Å². The molecule has 0 aromatic heterocycles. The van der Waals surface area contributed by atoms with Gasteiger partial charge >= 0.3 is 0 Å². The SMILES string of the molecule is CC(C)CS(=O)(=O)NC(c1ccccc1)C(N)c1ccccc1. The summed E-state index contributed by atoms with van der Waals surface area (Å²) in [7, 11) is -3.41. The average molecular weight is 332 g/mol. The molecule has 2 rings (SSSR count). The maximum Gasteiger partial charge on any atom is 0.212 e. The van der Waals surface area contributed by atoms with Crippen LogP contribution < -0.4 is 10.5 Å². The Balaban J connectivity index is 2.33. The molecule has 0 fully saturated rings. The fraction of sp³-hybridized carbons (Fsp3) is 0.333. The Bertz CT molecular complexity index is 700. The van der Waals surface area contributed by atoms with Gasteiger partial charge in [-0.25, -0.2) is 13.1 Å². The first-order valence-corrected chi connectivity index (χ1v) is 9.40. The van der Waals surface area contributed by atoms with E-state index >= 15 is 0 Å². The van der Waals surface area contributed by atoms with Crippen LogP contribution in [-0.4, -0.2) is 14.2 Å². The Morgan fingerprint density at radius 3 is 1.87 bits per heavy atom. The molecule has 0 aliphatic heterocycles. The van der Waals surface area contributed by atoms with Gasteiger partial charge in [0.15, 0.2) is 0 Å². The fourth-order valence-electron chi connectivity index (χ4n) is 2.56. The van der Waals surface area contributed by atoms with E-state index in [0.717, 1.165) is 11.1 Å². The number of sulfonamides is 1. The quantitative estimate of drug-likeness (QED) is 0.818. The maximum absolute atomic E-state index is 12.4. The van der Waals surface area contributed by atoms with Crippen LogP contribution >= 0.6 is 0 Å². The summed E-state index contributed by atoms with van der Waals surface area (Å²) in [5, 5.41) is 0. The van der Waals surface area contributed by atoms with Gasteiger partial charge in [0.2, 0.25) is 10.0 Å². The largest absolute Gasteiger partial charge is 0.322 e. The highest BCUT2D eigenvalue weighted by molar-refractivity contribution is 7.89. The predicted octanol–water partition coefficient (Wildman–Crippen LogP) is 3.00. The number of nitrogens with two attached hydrogens (primary N) is 1. The van der Waals surface area contributed by atoms with Gasteiger partial charge in [-0.05, 0) is 17.0 Å². The van der Waals surface area contributed by atoms with E-state index in [1.807, 2.05) is 74.5 Å². The lowest BCUT2D eigenvalue weighted by Crippen LogP contribution is -2.38. The minimum absolute atomic E-state index is 0.0527. The van der Waals surface area contributed by atoms with Gasteiger partial charge in [-0.3, -0.25) is 0 Å². The van der Waals surface area contributed by atoms with Crippen LogP contribution in [0.3, 0.4) is 0 Å². The van der Waals surface area contributed by atoms with Crippen molar-refractivity contribution in [2.24, 2.45) is 11.7 Å². The Morgan fingerprint density at radius 2 is 1.39 bits per heavy atom. The van der Waals surface area contributed by atoms with Crippen LogP contribution in [0.1, 0.15) is 37.1 Å². The smallest absolute Gasteiger partial charge is 0.212 e. The highest BCUT2D eigenvalue weighted by atomic mass is 32.2. The number of rotatable bonds is 7. The molecule has 2 aromatic carbocycles. The summed E-state index contributed by atoms with van der Waals surface area (Å²) in [5.41, 5.74) is 8.14. The van der Waals surface area contributed by atoms with E-state index in [0.29, 0.717) is 0 Å². The van der Waals surface area contributed by atoms with Crippen LogP contribution in [-0.2, 0) is 10.0 Å².